The van der Waals surface area contributed by atoms with E-state index in [0.717, 1.165) is 18.5 Å². The molecule has 0 saturated heterocycles. The average molecular weight is 378 g/mol. The number of nitrogens with one attached hydrogen (secondary N) is 1. The summed E-state index contributed by atoms with van der Waals surface area (Å²) in [5.41, 5.74) is 3.40. The molecule has 0 amide bonds. The van der Waals surface area contributed by atoms with Gasteiger partial charge in [-0.3, -0.25) is 14.6 Å². The highest BCUT2D eigenvalue weighted by atomic mass is 19.1. The first kappa shape index (κ1) is 18.7. The Balaban J connectivity index is 1.40. The molecule has 1 aliphatic carbocycles. The molecule has 0 spiro atoms. The zero-order chi connectivity index (χ0) is 19.5. The molecule has 0 bridgehead atoms. The van der Waals surface area contributed by atoms with Gasteiger partial charge in [0.2, 0.25) is 0 Å². The van der Waals surface area contributed by atoms with Gasteiger partial charge in [-0.05, 0) is 47.7 Å². The molecular formula is C23H23FN2O2. The summed E-state index contributed by atoms with van der Waals surface area (Å²) in [6.45, 7) is 1.41. The monoisotopic (exact) mass is 378 g/mol. The summed E-state index contributed by atoms with van der Waals surface area (Å²) in [6.07, 6.45) is 3.11. The topological polar surface area (TPSA) is 58.5 Å². The molecule has 0 radical (unpaired) electrons. The minimum atomic E-state index is -0.754. The van der Waals surface area contributed by atoms with E-state index in [1.54, 1.807) is 12.1 Å². The van der Waals surface area contributed by atoms with Gasteiger partial charge in [0.25, 0.3) is 0 Å². The van der Waals surface area contributed by atoms with Gasteiger partial charge in [0.15, 0.2) is 0 Å². The smallest absolute Gasteiger partial charge is 0.149 e. The zero-order valence-electron chi connectivity index (χ0n) is 15.6. The molecule has 2 aliphatic rings. The van der Waals surface area contributed by atoms with Crippen molar-refractivity contribution in [1.29, 1.82) is 0 Å². The number of aliphatic imine (C=N–C) groups is 1. The Labute approximate surface area is 163 Å². The summed E-state index contributed by atoms with van der Waals surface area (Å²) in [4.78, 5) is 29.5. The van der Waals surface area contributed by atoms with E-state index in [2.05, 4.69) is 22.4 Å². The minimum absolute atomic E-state index is 0.105. The van der Waals surface area contributed by atoms with Crippen LogP contribution >= 0.6 is 0 Å². The van der Waals surface area contributed by atoms with E-state index in [1.165, 1.54) is 29.5 Å². The van der Waals surface area contributed by atoms with Crippen molar-refractivity contribution in [3.05, 3.63) is 71.0 Å². The highest BCUT2D eigenvalue weighted by Crippen LogP contribution is 2.31. The molecule has 1 aliphatic heterocycles. The van der Waals surface area contributed by atoms with E-state index in [9.17, 15) is 14.0 Å². The number of rotatable bonds is 4. The lowest BCUT2D eigenvalue weighted by Gasteiger charge is -2.26. The Kier molecular flexibility index (Phi) is 5.44. The Morgan fingerprint density at radius 1 is 1.04 bits per heavy atom. The second-order valence-electron chi connectivity index (χ2n) is 7.54. The van der Waals surface area contributed by atoms with Gasteiger partial charge in [0.1, 0.15) is 23.3 Å². The third-order valence-corrected chi connectivity index (χ3v) is 5.69. The first-order chi connectivity index (χ1) is 13.6. The summed E-state index contributed by atoms with van der Waals surface area (Å²) in [5.74, 6) is -1.45. The lowest BCUT2D eigenvalue weighted by Crippen LogP contribution is -2.34. The maximum absolute atomic E-state index is 13.1. The van der Waals surface area contributed by atoms with Gasteiger partial charge in [0.05, 0.1) is 12.6 Å². The van der Waals surface area contributed by atoms with E-state index >= 15 is 0 Å². The van der Waals surface area contributed by atoms with Crippen molar-refractivity contribution >= 4 is 17.8 Å². The number of benzene rings is 2. The van der Waals surface area contributed by atoms with Gasteiger partial charge in [0, 0.05) is 19.1 Å². The standard InChI is InChI=1S/C23H23FN2O2/c24-18-7-5-15(6-8-18)17-11-22(27)20(23(28)12-17)13-25-14-21-19-4-2-1-3-16(19)9-10-26-21/h1-8,13,17,20-21,26H,9-12,14H2/t17?,20?,21-/m1/s1. The molecule has 1 heterocycles. The van der Waals surface area contributed by atoms with E-state index in [1.807, 2.05) is 12.1 Å². The second kappa shape index (κ2) is 8.15. The maximum Gasteiger partial charge on any atom is 0.149 e. The summed E-state index contributed by atoms with van der Waals surface area (Å²) in [6, 6.07) is 14.5. The molecule has 1 atom stereocenters. The van der Waals surface area contributed by atoms with Crippen LogP contribution in [0.3, 0.4) is 0 Å². The van der Waals surface area contributed by atoms with Crippen LogP contribution in [0.1, 0.15) is 41.5 Å². The Morgan fingerprint density at radius 3 is 2.50 bits per heavy atom. The number of hydrogen-bond donors (Lipinski definition) is 1. The molecule has 0 aromatic heterocycles. The third-order valence-electron chi connectivity index (χ3n) is 5.69. The van der Waals surface area contributed by atoms with Gasteiger partial charge in [-0.25, -0.2) is 4.39 Å². The number of carbonyl (C=O) groups is 2. The third kappa shape index (κ3) is 3.94. The van der Waals surface area contributed by atoms with Crippen LogP contribution in [-0.2, 0) is 16.0 Å². The van der Waals surface area contributed by atoms with E-state index in [0.29, 0.717) is 19.4 Å². The van der Waals surface area contributed by atoms with Gasteiger partial charge in [-0.15, -0.1) is 0 Å². The van der Waals surface area contributed by atoms with Crippen LogP contribution in [0.15, 0.2) is 53.5 Å². The number of hydrogen-bond acceptors (Lipinski definition) is 4. The Morgan fingerprint density at radius 2 is 1.75 bits per heavy atom. The van der Waals surface area contributed by atoms with Gasteiger partial charge >= 0.3 is 0 Å². The van der Waals surface area contributed by atoms with Crippen LogP contribution in [0.4, 0.5) is 4.39 Å². The zero-order valence-corrected chi connectivity index (χ0v) is 15.6. The lowest BCUT2D eigenvalue weighted by atomic mass is 9.77. The number of fused-ring (bicyclic) bond motifs is 1. The first-order valence-corrected chi connectivity index (χ1v) is 9.74. The Hall–Kier alpha value is -2.66. The van der Waals surface area contributed by atoms with Gasteiger partial charge < -0.3 is 5.32 Å². The molecule has 28 heavy (non-hydrogen) atoms. The minimum Gasteiger partial charge on any atom is -0.308 e. The van der Waals surface area contributed by atoms with Crippen molar-refractivity contribution in [2.24, 2.45) is 10.9 Å². The predicted octanol–water partition coefficient (Wildman–Crippen LogP) is 3.42. The molecule has 1 saturated carbocycles. The predicted molar refractivity (Wildman–Crippen MR) is 106 cm³/mol. The van der Waals surface area contributed by atoms with E-state index in [-0.39, 0.29) is 29.3 Å². The van der Waals surface area contributed by atoms with Crippen LogP contribution in [0.2, 0.25) is 0 Å². The van der Waals surface area contributed by atoms with Crippen molar-refractivity contribution in [2.45, 2.75) is 31.2 Å². The van der Waals surface area contributed by atoms with Crippen molar-refractivity contribution < 1.29 is 14.0 Å². The molecule has 4 rings (SSSR count). The average Bonchev–Trinajstić information content (AvgIpc) is 2.70. The quantitative estimate of drug-likeness (QED) is 0.655. The lowest BCUT2D eigenvalue weighted by molar-refractivity contribution is -0.133. The SMILES string of the molecule is O=C1CC(c2ccc(F)cc2)CC(=O)C1C=NC[C@H]1NCCc2ccccc21. The number of Topliss-reactive ketones (excluding diaryl/α,β-unsaturated/α-hetero) is 2. The first-order valence-electron chi connectivity index (χ1n) is 9.74. The van der Waals surface area contributed by atoms with Gasteiger partial charge in [-0.1, -0.05) is 36.4 Å². The van der Waals surface area contributed by atoms with E-state index in [4.69, 9.17) is 0 Å². The molecule has 1 fully saturated rings. The highest BCUT2D eigenvalue weighted by Gasteiger charge is 2.35. The molecule has 1 N–H and O–H groups in total. The molecule has 0 unspecified atom stereocenters. The largest absolute Gasteiger partial charge is 0.308 e. The maximum atomic E-state index is 13.1. The van der Waals surface area contributed by atoms with Crippen molar-refractivity contribution in [3.8, 4) is 0 Å². The van der Waals surface area contributed by atoms with Crippen LogP contribution < -0.4 is 5.32 Å². The molecule has 5 heteroatoms. The Bertz CT molecular complexity index is 889. The summed E-state index contributed by atoms with van der Waals surface area (Å²) >= 11 is 0. The number of nitrogens with zero attached hydrogens (tertiary/aromatic N) is 1. The summed E-state index contributed by atoms with van der Waals surface area (Å²) < 4.78 is 13.1. The van der Waals surface area contributed by atoms with Gasteiger partial charge in [-0.2, -0.15) is 0 Å². The second-order valence-corrected chi connectivity index (χ2v) is 7.54. The fourth-order valence-corrected chi connectivity index (χ4v) is 4.16. The molecular weight excluding hydrogens is 355 g/mol. The molecule has 144 valence electrons. The normalized spacial score (nSPS) is 25.1. The fraction of sp³-hybridized carbons (Fsp3) is 0.348. The number of carbonyl (C=O) groups excluding carboxylic acids is 2. The van der Waals surface area contributed by atoms with E-state index < -0.39 is 5.92 Å². The number of ketones is 2. The van der Waals surface area contributed by atoms with Crippen LogP contribution in [0.25, 0.3) is 0 Å². The van der Waals surface area contributed by atoms with Crippen LogP contribution in [0.5, 0.6) is 0 Å². The highest BCUT2D eigenvalue weighted by molar-refractivity contribution is 6.16. The molecule has 4 nitrogen and oxygen atoms in total. The summed E-state index contributed by atoms with van der Waals surface area (Å²) in [5, 5.41) is 3.45. The molecule has 2 aromatic carbocycles. The molecule has 2 aromatic rings. The fourth-order valence-electron chi connectivity index (χ4n) is 4.16. The number of halogens is 1. The van der Waals surface area contributed by atoms with Crippen molar-refractivity contribution in [3.63, 3.8) is 0 Å². The summed E-state index contributed by atoms with van der Waals surface area (Å²) in [7, 11) is 0. The van der Waals surface area contributed by atoms with Crippen LogP contribution in [-0.4, -0.2) is 30.9 Å². The van der Waals surface area contributed by atoms with Crippen molar-refractivity contribution in [2.75, 3.05) is 13.1 Å². The van der Waals surface area contributed by atoms with Crippen molar-refractivity contribution in [1.82, 2.24) is 5.32 Å². The van der Waals surface area contributed by atoms with Crippen LogP contribution in [0, 0.1) is 11.7 Å².